The van der Waals surface area contributed by atoms with Crippen molar-refractivity contribution >= 4 is 34.7 Å². The van der Waals surface area contributed by atoms with Crippen molar-refractivity contribution in [1.29, 1.82) is 0 Å². The van der Waals surface area contributed by atoms with Crippen molar-refractivity contribution < 1.29 is 28.9 Å². The van der Waals surface area contributed by atoms with E-state index >= 15 is 0 Å². The fourth-order valence-corrected chi connectivity index (χ4v) is 5.20. The van der Waals surface area contributed by atoms with Gasteiger partial charge >= 0.3 is 12.1 Å². The number of amides is 1. The predicted molar refractivity (Wildman–Crippen MR) is 121 cm³/mol. The number of hydrogen-bond acceptors (Lipinski definition) is 9. The van der Waals surface area contributed by atoms with Gasteiger partial charge in [-0.25, -0.2) is 23.9 Å². The van der Waals surface area contributed by atoms with E-state index in [0.717, 1.165) is 41.4 Å². The highest BCUT2D eigenvalue weighted by atomic mass is 32.1. The number of thiazole rings is 2. The number of ether oxygens (including phenoxy) is 1. The van der Waals surface area contributed by atoms with Gasteiger partial charge in [0.15, 0.2) is 0 Å². The zero-order valence-corrected chi connectivity index (χ0v) is 19.5. The molecule has 3 heterocycles. The highest BCUT2D eigenvalue weighted by molar-refractivity contribution is 7.16. The molecule has 1 amide bonds. The number of benzene rings is 1. The molecular weight excluding hydrogens is 471 g/mol. The molecule has 0 spiro atoms. The Hall–Kier alpha value is -3.09. The Morgan fingerprint density at radius 3 is 2.64 bits per heavy atom. The summed E-state index contributed by atoms with van der Waals surface area (Å²) in [5.74, 6) is -2.74. The van der Waals surface area contributed by atoms with Crippen LogP contribution in [0.15, 0.2) is 17.5 Å². The van der Waals surface area contributed by atoms with Crippen LogP contribution in [0.2, 0.25) is 0 Å². The van der Waals surface area contributed by atoms with E-state index in [2.05, 4.69) is 14.9 Å². The van der Waals surface area contributed by atoms with Crippen molar-refractivity contribution in [2.75, 3.05) is 33.2 Å². The topological polar surface area (TPSA) is 116 Å². The Labute approximate surface area is 196 Å². The molecule has 1 saturated heterocycles. The van der Waals surface area contributed by atoms with E-state index in [1.807, 2.05) is 14.0 Å². The molecule has 0 saturated carbocycles. The van der Waals surface area contributed by atoms with Crippen LogP contribution < -0.4 is 0 Å². The highest BCUT2D eigenvalue weighted by Gasteiger charge is 2.22. The first-order valence-corrected chi connectivity index (χ1v) is 11.7. The number of aryl methyl sites for hydroxylation is 1. The molecule has 2 N–H and O–H groups in total. The Morgan fingerprint density at radius 1 is 1.21 bits per heavy atom. The van der Waals surface area contributed by atoms with Gasteiger partial charge in [0.1, 0.15) is 33.8 Å². The third-order valence-electron chi connectivity index (χ3n) is 5.20. The number of likely N-dealkylation sites (N-methyl/N-ethyl adjacent to an activating group) is 1. The zero-order chi connectivity index (χ0) is 23.7. The van der Waals surface area contributed by atoms with Crippen LogP contribution in [0, 0.1) is 12.7 Å². The number of carbonyl (C=O) groups is 2. The predicted octanol–water partition coefficient (Wildman–Crippen LogP) is 3.67. The molecule has 0 unspecified atom stereocenters. The van der Waals surface area contributed by atoms with E-state index < -0.39 is 23.1 Å². The largest absolute Gasteiger partial charge is 0.507 e. The minimum absolute atomic E-state index is 0.0113. The lowest BCUT2D eigenvalue weighted by atomic mass is 10.1. The summed E-state index contributed by atoms with van der Waals surface area (Å²) in [6.45, 7) is 4.72. The molecule has 1 aromatic carbocycles. The SMILES string of the molecule is Cc1nc(COC(=O)N2CCN(C)CC2)sc1-c1csc(-c2cc(O)c(C(=O)O)cc2F)n1. The van der Waals surface area contributed by atoms with Gasteiger partial charge in [-0.3, -0.25) is 0 Å². The maximum Gasteiger partial charge on any atom is 0.410 e. The van der Waals surface area contributed by atoms with Gasteiger partial charge in [0.05, 0.1) is 16.3 Å². The average molecular weight is 493 g/mol. The normalized spacial score (nSPS) is 14.5. The van der Waals surface area contributed by atoms with Crippen LogP contribution in [0.1, 0.15) is 21.1 Å². The molecule has 9 nitrogen and oxygen atoms in total. The third-order valence-corrected chi connectivity index (χ3v) is 7.23. The number of aromatic carboxylic acids is 1. The fourth-order valence-electron chi connectivity index (χ4n) is 3.35. The zero-order valence-electron chi connectivity index (χ0n) is 17.9. The summed E-state index contributed by atoms with van der Waals surface area (Å²) in [4.78, 5) is 36.8. The summed E-state index contributed by atoms with van der Waals surface area (Å²) in [5.41, 5.74) is 0.772. The van der Waals surface area contributed by atoms with Gasteiger partial charge < -0.3 is 24.7 Å². The van der Waals surface area contributed by atoms with E-state index in [1.54, 1.807) is 10.3 Å². The molecular formula is C21H21FN4O5S2. The molecule has 33 heavy (non-hydrogen) atoms. The van der Waals surface area contributed by atoms with Gasteiger partial charge in [-0.05, 0) is 26.1 Å². The number of carboxylic acids is 1. The van der Waals surface area contributed by atoms with Crippen LogP contribution in [0.4, 0.5) is 9.18 Å². The van der Waals surface area contributed by atoms with Crippen molar-refractivity contribution in [2.45, 2.75) is 13.5 Å². The van der Waals surface area contributed by atoms with Gasteiger partial charge in [-0.1, -0.05) is 0 Å². The number of rotatable bonds is 5. The lowest BCUT2D eigenvalue weighted by Crippen LogP contribution is -2.47. The molecule has 3 aromatic rings. The number of hydrogen-bond donors (Lipinski definition) is 2. The number of phenols is 1. The van der Waals surface area contributed by atoms with Crippen molar-refractivity contribution in [3.8, 4) is 26.9 Å². The number of piperazine rings is 1. The first kappa shape index (κ1) is 23.1. The van der Waals surface area contributed by atoms with Crippen molar-refractivity contribution in [1.82, 2.24) is 19.8 Å². The monoisotopic (exact) mass is 492 g/mol. The standard InChI is InChI=1S/C21H21FN4O5S2/c1-11-18(33-17(23-11)9-31-21(30)26-5-3-25(2)4-6-26)15-10-32-19(24-15)12-8-16(27)13(20(28)29)7-14(12)22/h7-8,10,27H,3-6,9H2,1-2H3,(H,28,29). The lowest BCUT2D eigenvalue weighted by molar-refractivity contribution is 0.0692. The van der Waals surface area contributed by atoms with E-state index in [0.29, 0.717) is 34.5 Å². The van der Waals surface area contributed by atoms with Crippen LogP contribution in [-0.4, -0.2) is 75.3 Å². The molecule has 0 bridgehead atoms. The fraction of sp³-hybridized carbons (Fsp3) is 0.333. The number of nitrogens with zero attached hydrogens (tertiary/aromatic N) is 4. The molecule has 2 aromatic heterocycles. The minimum Gasteiger partial charge on any atom is -0.507 e. The Morgan fingerprint density at radius 2 is 1.94 bits per heavy atom. The maximum atomic E-state index is 14.4. The number of carboxylic acid groups (broad SMARTS) is 1. The van der Waals surface area contributed by atoms with Gasteiger partial charge in [-0.2, -0.15) is 0 Å². The number of halogens is 1. The molecule has 12 heteroatoms. The summed E-state index contributed by atoms with van der Waals surface area (Å²) < 4.78 is 19.9. The van der Waals surface area contributed by atoms with Gasteiger partial charge in [0.25, 0.3) is 0 Å². The van der Waals surface area contributed by atoms with Crippen molar-refractivity contribution in [3.05, 3.63) is 39.6 Å². The van der Waals surface area contributed by atoms with E-state index in [-0.39, 0.29) is 18.3 Å². The summed E-state index contributed by atoms with van der Waals surface area (Å²) >= 11 is 2.50. The smallest absolute Gasteiger partial charge is 0.410 e. The number of aromatic hydroxyl groups is 1. The molecule has 1 aliphatic rings. The maximum absolute atomic E-state index is 14.4. The van der Waals surface area contributed by atoms with Crippen LogP contribution in [0.5, 0.6) is 5.75 Å². The average Bonchev–Trinajstić information content (AvgIpc) is 3.40. The van der Waals surface area contributed by atoms with E-state index in [1.165, 1.54) is 11.3 Å². The van der Waals surface area contributed by atoms with Crippen LogP contribution in [0.25, 0.3) is 21.1 Å². The number of carbonyl (C=O) groups excluding carboxylic acids is 1. The Kier molecular flexibility index (Phi) is 6.58. The van der Waals surface area contributed by atoms with Gasteiger partial charge in [-0.15, -0.1) is 22.7 Å². The molecule has 0 aliphatic carbocycles. The van der Waals surface area contributed by atoms with Gasteiger partial charge in [0.2, 0.25) is 0 Å². The first-order chi connectivity index (χ1) is 15.7. The van der Waals surface area contributed by atoms with Crippen LogP contribution >= 0.6 is 22.7 Å². The second-order valence-electron chi connectivity index (χ2n) is 7.56. The Balaban J connectivity index is 1.48. The quantitative estimate of drug-likeness (QED) is 0.554. The molecule has 0 radical (unpaired) electrons. The molecule has 4 rings (SSSR count). The molecule has 0 atom stereocenters. The summed E-state index contributed by atoms with van der Waals surface area (Å²) in [6, 6.07) is 1.84. The van der Waals surface area contributed by atoms with E-state index in [9.17, 15) is 19.1 Å². The molecule has 1 fully saturated rings. The molecule has 174 valence electrons. The van der Waals surface area contributed by atoms with Gasteiger partial charge in [0, 0.05) is 37.1 Å². The Bertz CT molecular complexity index is 1200. The van der Waals surface area contributed by atoms with E-state index in [4.69, 9.17) is 9.84 Å². The lowest BCUT2D eigenvalue weighted by Gasteiger charge is -2.31. The van der Waals surface area contributed by atoms with Crippen molar-refractivity contribution in [2.24, 2.45) is 0 Å². The summed E-state index contributed by atoms with van der Waals surface area (Å²) in [6.07, 6.45) is -0.367. The second-order valence-corrected chi connectivity index (χ2v) is 9.50. The second kappa shape index (κ2) is 9.41. The highest BCUT2D eigenvalue weighted by Crippen LogP contribution is 2.36. The third kappa shape index (κ3) is 4.97. The summed E-state index contributed by atoms with van der Waals surface area (Å²) in [5, 5.41) is 21.6. The summed E-state index contributed by atoms with van der Waals surface area (Å²) in [7, 11) is 2.01. The van der Waals surface area contributed by atoms with Crippen molar-refractivity contribution in [3.63, 3.8) is 0 Å². The van der Waals surface area contributed by atoms with Crippen LogP contribution in [0.3, 0.4) is 0 Å². The first-order valence-electron chi connectivity index (χ1n) is 10.0. The molecule has 1 aliphatic heterocycles. The number of aromatic nitrogens is 2. The van der Waals surface area contributed by atoms with Crippen LogP contribution in [-0.2, 0) is 11.3 Å². The minimum atomic E-state index is -1.42.